The highest BCUT2D eigenvalue weighted by molar-refractivity contribution is 6.04. The molecule has 2 atom stereocenters. The molecule has 4 nitrogen and oxygen atoms in total. The van der Waals surface area contributed by atoms with Crippen LogP contribution >= 0.6 is 0 Å². The Morgan fingerprint density at radius 2 is 1.59 bits per heavy atom. The molecule has 136 valence electrons. The minimum Gasteiger partial charge on any atom is -0.489 e. The van der Waals surface area contributed by atoms with Gasteiger partial charge in [-0.05, 0) is 47.5 Å². The van der Waals surface area contributed by atoms with Gasteiger partial charge < -0.3 is 9.84 Å². The Kier molecular flexibility index (Phi) is 4.60. The van der Waals surface area contributed by atoms with Crippen molar-refractivity contribution in [3.8, 4) is 5.75 Å². The van der Waals surface area contributed by atoms with Crippen LogP contribution in [0.15, 0.2) is 78.9 Å². The second-order valence-electron chi connectivity index (χ2n) is 6.42. The van der Waals surface area contributed by atoms with E-state index in [0.29, 0.717) is 18.0 Å². The van der Waals surface area contributed by atoms with Crippen LogP contribution in [-0.2, 0) is 11.4 Å². The molecule has 0 saturated carbocycles. The van der Waals surface area contributed by atoms with E-state index in [9.17, 15) is 14.3 Å². The lowest BCUT2D eigenvalue weighted by atomic mass is 9.90. The molecule has 1 aliphatic heterocycles. The smallest absolute Gasteiger partial charge is 0.259 e. The SMILES string of the molecule is O=C1[C@@H](O)[C@@H](c2ccc(OCc3ccccc3)cc2)N1c1ccc(F)cc1. The van der Waals surface area contributed by atoms with Gasteiger partial charge >= 0.3 is 0 Å². The van der Waals surface area contributed by atoms with Crippen LogP contribution in [0.5, 0.6) is 5.75 Å². The number of carbonyl (C=O) groups is 1. The number of carbonyl (C=O) groups excluding carboxylic acids is 1. The number of benzene rings is 3. The molecule has 0 spiro atoms. The van der Waals surface area contributed by atoms with Gasteiger partial charge in [-0.25, -0.2) is 4.39 Å². The molecule has 3 aromatic carbocycles. The maximum absolute atomic E-state index is 13.1. The number of aliphatic hydroxyl groups is 1. The summed E-state index contributed by atoms with van der Waals surface area (Å²) in [7, 11) is 0. The lowest BCUT2D eigenvalue weighted by Gasteiger charge is -2.44. The van der Waals surface area contributed by atoms with E-state index in [0.717, 1.165) is 11.1 Å². The summed E-state index contributed by atoms with van der Waals surface area (Å²) in [5.74, 6) is -0.0594. The number of halogens is 1. The largest absolute Gasteiger partial charge is 0.489 e. The molecule has 1 aliphatic rings. The van der Waals surface area contributed by atoms with Crippen molar-refractivity contribution in [1.29, 1.82) is 0 Å². The summed E-state index contributed by atoms with van der Waals surface area (Å²) in [6, 6.07) is 22.3. The zero-order valence-electron chi connectivity index (χ0n) is 14.5. The van der Waals surface area contributed by atoms with Gasteiger partial charge in [0.25, 0.3) is 5.91 Å². The second-order valence-corrected chi connectivity index (χ2v) is 6.42. The first-order chi connectivity index (χ1) is 13.1. The quantitative estimate of drug-likeness (QED) is 0.701. The minimum absolute atomic E-state index is 0.372. The molecule has 27 heavy (non-hydrogen) atoms. The predicted octanol–water partition coefficient (Wildman–Crippen LogP) is 3.85. The molecule has 0 bridgehead atoms. The van der Waals surface area contributed by atoms with Crippen LogP contribution in [0.1, 0.15) is 17.2 Å². The Bertz CT molecular complexity index is 926. The highest BCUT2D eigenvalue weighted by atomic mass is 19.1. The summed E-state index contributed by atoms with van der Waals surface area (Å²) in [5.41, 5.74) is 2.42. The standard InChI is InChI=1S/C22H18FNO3/c23-17-8-10-18(11-9-17)24-20(21(25)22(24)26)16-6-12-19(13-7-16)27-14-15-4-2-1-3-5-15/h1-13,20-21,25H,14H2/t20-,21+/m1/s1. The first-order valence-corrected chi connectivity index (χ1v) is 8.67. The maximum atomic E-state index is 13.1. The van der Waals surface area contributed by atoms with Crippen LogP contribution in [0.3, 0.4) is 0 Å². The number of anilines is 1. The van der Waals surface area contributed by atoms with Gasteiger partial charge in [0.05, 0.1) is 6.04 Å². The third kappa shape index (κ3) is 3.41. The van der Waals surface area contributed by atoms with E-state index in [2.05, 4.69) is 0 Å². The molecular weight excluding hydrogens is 345 g/mol. The van der Waals surface area contributed by atoms with Crippen LogP contribution in [-0.4, -0.2) is 17.1 Å². The van der Waals surface area contributed by atoms with Gasteiger partial charge in [-0.2, -0.15) is 0 Å². The summed E-state index contributed by atoms with van der Waals surface area (Å²) in [4.78, 5) is 13.6. The summed E-state index contributed by atoms with van der Waals surface area (Å²) in [5, 5.41) is 10.1. The summed E-state index contributed by atoms with van der Waals surface area (Å²) < 4.78 is 18.9. The average molecular weight is 363 g/mol. The lowest BCUT2D eigenvalue weighted by Crippen LogP contribution is -2.59. The molecule has 4 rings (SSSR count). The molecule has 1 amide bonds. The number of hydrogen-bond acceptors (Lipinski definition) is 3. The van der Waals surface area contributed by atoms with E-state index in [1.807, 2.05) is 54.6 Å². The van der Waals surface area contributed by atoms with Crippen LogP contribution in [0.2, 0.25) is 0 Å². The second kappa shape index (κ2) is 7.21. The van der Waals surface area contributed by atoms with E-state index in [-0.39, 0.29) is 5.82 Å². The van der Waals surface area contributed by atoms with E-state index < -0.39 is 18.1 Å². The zero-order valence-corrected chi connectivity index (χ0v) is 14.5. The van der Waals surface area contributed by atoms with Crippen molar-refractivity contribution in [3.63, 3.8) is 0 Å². The van der Waals surface area contributed by atoms with Crippen molar-refractivity contribution in [2.45, 2.75) is 18.8 Å². The molecule has 5 heteroatoms. The van der Waals surface area contributed by atoms with E-state index in [1.165, 1.54) is 29.2 Å². The van der Waals surface area contributed by atoms with Crippen molar-refractivity contribution < 1.29 is 19.0 Å². The Morgan fingerprint density at radius 3 is 2.26 bits per heavy atom. The number of rotatable bonds is 5. The minimum atomic E-state index is -1.11. The van der Waals surface area contributed by atoms with Crippen LogP contribution in [0, 0.1) is 5.82 Å². The maximum Gasteiger partial charge on any atom is 0.259 e. The third-order valence-electron chi connectivity index (χ3n) is 4.64. The molecule has 1 fully saturated rings. The molecular formula is C22H18FNO3. The van der Waals surface area contributed by atoms with E-state index in [1.54, 1.807) is 0 Å². The van der Waals surface area contributed by atoms with Crippen molar-refractivity contribution in [1.82, 2.24) is 0 Å². The molecule has 0 aliphatic carbocycles. The van der Waals surface area contributed by atoms with Gasteiger partial charge in [0, 0.05) is 5.69 Å². The summed E-state index contributed by atoms with van der Waals surface area (Å²) in [6.45, 7) is 0.465. The monoisotopic (exact) mass is 363 g/mol. The van der Waals surface area contributed by atoms with Crippen molar-refractivity contribution in [2.24, 2.45) is 0 Å². The first kappa shape index (κ1) is 17.2. The van der Waals surface area contributed by atoms with E-state index >= 15 is 0 Å². The number of nitrogens with zero attached hydrogens (tertiary/aromatic N) is 1. The average Bonchev–Trinajstić information content (AvgIpc) is 2.72. The van der Waals surface area contributed by atoms with Gasteiger partial charge in [-0.15, -0.1) is 0 Å². The molecule has 1 heterocycles. The predicted molar refractivity (Wildman–Crippen MR) is 99.8 cm³/mol. The van der Waals surface area contributed by atoms with Crippen LogP contribution < -0.4 is 9.64 Å². The van der Waals surface area contributed by atoms with Gasteiger partial charge in [-0.1, -0.05) is 42.5 Å². The molecule has 0 unspecified atom stereocenters. The van der Waals surface area contributed by atoms with Crippen LogP contribution in [0.4, 0.5) is 10.1 Å². The number of amides is 1. The topological polar surface area (TPSA) is 49.8 Å². The fourth-order valence-electron chi connectivity index (χ4n) is 3.20. The Hall–Kier alpha value is -3.18. The van der Waals surface area contributed by atoms with Crippen molar-refractivity contribution >= 4 is 11.6 Å². The molecule has 1 saturated heterocycles. The third-order valence-corrected chi connectivity index (χ3v) is 4.64. The lowest BCUT2D eigenvalue weighted by molar-refractivity contribution is -0.137. The zero-order chi connectivity index (χ0) is 18.8. The molecule has 3 aromatic rings. The number of ether oxygens (including phenoxy) is 1. The van der Waals surface area contributed by atoms with Gasteiger partial charge in [0.15, 0.2) is 6.10 Å². The molecule has 0 radical (unpaired) electrons. The molecule has 0 aromatic heterocycles. The highest BCUT2D eigenvalue weighted by Crippen LogP contribution is 2.39. The number of β-lactam (4-membered cyclic amide) rings is 1. The van der Waals surface area contributed by atoms with Crippen molar-refractivity contribution in [2.75, 3.05) is 4.90 Å². The molecule has 1 N–H and O–H groups in total. The Morgan fingerprint density at radius 1 is 0.926 bits per heavy atom. The van der Waals surface area contributed by atoms with Gasteiger partial charge in [0.1, 0.15) is 18.2 Å². The first-order valence-electron chi connectivity index (χ1n) is 8.67. The number of aliphatic hydroxyl groups excluding tert-OH is 1. The fourth-order valence-corrected chi connectivity index (χ4v) is 3.20. The van der Waals surface area contributed by atoms with Crippen LogP contribution in [0.25, 0.3) is 0 Å². The Balaban J connectivity index is 1.48. The van der Waals surface area contributed by atoms with Gasteiger partial charge in [-0.3, -0.25) is 9.69 Å². The van der Waals surface area contributed by atoms with Crippen molar-refractivity contribution in [3.05, 3.63) is 95.8 Å². The van der Waals surface area contributed by atoms with E-state index in [4.69, 9.17) is 4.74 Å². The Labute approximate surface area is 156 Å². The fraction of sp³-hybridized carbons (Fsp3) is 0.136. The summed E-state index contributed by atoms with van der Waals surface area (Å²) in [6.07, 6.45) is -1.11. The van der Waals surface area contributed by atoms with Gasteiger partial charge in [0.2, 0.25) is 0 Å². The highest BCUT2D eigenvalue weighted by Gasteiger charge is 2.47. The normalized spacial score (nSPS) is 18.9. The summed E-state index contributed by atoms with van der Waals surface area (Å²) >= 11 is 0. The number of hydrogen-bond donors (Lipinski definition) is 1.